The lowest BCUT2D eigenvalue weighted by atomic mass is 10.1. The maximum atomic E-state index is 13.5. The average molecular weight is 407 g/mol. The summed E-state index contributed by atoms with van der Waals surface area (Å²) >= 11 is 5.83. The van der Waals surface area contributed by atoms with E-state index in [1.54, 1.807) is 4.57 Å². The molecule has 1 aliphatic rings. The van der Waals surface area contributed by atoms with E-state index in [1.807, 2.05) is 52.4 Å². The SMILES string of the molecule is Cc1ccc(-n2c(=O)c3ccccc3n3c(=S)n(C[NH+]4CCCC4)nc23)c(C)c1. The molecular weight excluding hydrogens is 382 g/mol. The lowest BCUT2D eigenvalue weighted by Gasteiger charge is -2.13. The molecular formula is C22H24N5OS+. The maximum absolute atomic E-state index is 13.5. The first-order valence-electron chi connectivity index (χ1n) is 10.1. The van der Waals surface area contributed by atoms with Crippen LogP contribution in [0.3, 0.4) is 0 Å². The van der Waals surface area contributed by atoms with Crippen LogP contribution in [0.1, 0.15) is 24.0 Å². The first-order valence-corrected chi connectivity index (χ1v) is 10.5. The molecule has 0 spiro atoms. The highest BCUT2D eigenvalue weighted by Crippen LogP contribution is 2.20. The fraction of sp³-hybridized carbons (Fsp3) is 0.318. The van der Waals surface area contributed by atoms with Gasteiger partial charge in [0.25, 0.3) is 5.56 Å². The topological polar surface area (TPSA) is 48.7 Å². The van der Waals surface area contributed by atoms with E-state index in [4.69, 9.17) is 17.3 Å². The molecule has 7 heteroatoms. The summed E-state index contributed by atoms with van der Waals surface area (Å²) in [5.74, 6) is 0.573. The van der Waals surface area contributed by atoms with Gasteiger partial charge in [-0.2, -0.15) is 4.68 Å². The molecule has 1 saturated heterocycles. The van der Waals surface area contributed by atoms with Gasteiger partial charge in [0.1, 0.15) is 0 Å². The Bertz CT molecular complexity index is 1360. The maximum Gasteiger partial charge on any atom is 0.267 e. The monoisotopic (exact) mass is 406 g/mol. The Morgan fingerprint density at radius 1 is 1.10 bits per heavy atom. The number of nitrogens with one attached hydrogen (secondary N) is 1. The minimum Gasteiger partial charge on any atom is -0.316 e. The van der Waals surface area contributed by atoms with Gasteiger partial charge in [0.05, 0.1) is 29.7 Å². The fourth-order valence-corrected chi connectivity index (χ4v) is 4.72. The predicted octanol–water partition coefficient (Wildman–Crippen LogP) is 2.42. The van der Waals surface area contributed by atoms with Gasteiger partial charge in [-0.05, 0) is 49.8 Å². The van der Waals surface area contributed by atoms with Crippen LogP contribution in [0.2, 0.25) is 0 Å². The van der Waals surface area contributed by atoms with E-state index in [-0.39, 0.29) is 5.56 Å². The van der Waals surface area contributed by atoms with Crippen molar-refractivity contribution in [1.29, 1.82) is 0 Å². The summed E-state index contributed by atoms with van der Waals surface area (Å²) in [4.78, 5) is 15.0. The normalized spacial score (nSPS) is 15.0. The lowest BCUT2D eigenvalue weighted by Crippen LogP contribution is -3.09. The first kappa shape index (κ1) is 18.3. The second-order valence-corrected chi connectivity index (χ2v) is 8.35. The van der Waals surface area contributed by atoms with Crippen LogP contribution in [0, 0.1) is 18.6 Å². The molecule has 0 atom stereocenters. The van der Waals surface area contributed by atoms with E-state index in [0.29, 0.717) is 15.9 Å². The molecule has 0 saturated carbocycles. The van der Waals surface area contributed by atoms with Crippen molar-refractivity contribution in [3.8, 4) is 5.69 Å². The molecule has 2 aromatic heterocycles. The van der Waals surface area contributed by atoms with E-state index in [1.165, 1.54) is 17.7 Å². The smallest absolute Gasteiger partial charge is 0.267 e. The highest BCUT2D eigenvalue weighted by molar-refractivity contribution is 7.71. The van der Waals surface area contributed by atoms with Gasteiger partial charge in [-0.25, -0.2) is 4.57 Å². The number of aryl methyl sites for hydroxylation is 2. The van der Waals surface area contributed by atoms with Gasteiger partial charge in [0.15, 0.2) is 6.67 Å². The number of benzene rings is 2. The third-order valence-corrected chi connectivity index (χ3v) is 6.27. The van der Waals surface area contributed by atoms with E-state index in [0.717, 1.165) is 42.1 Å². The molecule has 1 aliphatic heterocycles. The van der Waals surface area contributed by atoms with Crippen molar-refractivity contribution in [1.82, 2.24) is 18.7 Å². The van der Waals surface area contributed by atoms with Gasteiger partial charge < -0.3 is 4.90 Å². The van der Waals surface area contributed by atoms with E-state index in [9.17, 15) is 4.79 Å². The molecule has 0 bridgehead atoms. The largest absolute Gasteiger partial charge is 0.316 e. The number of fused-ring (bicyclic) bond motifs is 3. The Balaban J connectivity index is 1.86. The van der Waals surface area contributed by atoms with Crippen molar-refractivity contribution in [2.75, 3.05) is 13.1 Å². The number of rotatable bonds is 3. The second kappa shape index (κ2) is 6.93. The Kier molecular flexibility index (Phi) is 4.37. The number of hydrogen-bond acceptors (Lipinski definition) is 3. The fourth-order valence-electron chi connectivity index (χ4n) is 4.43. The second-order valence-electron chi connectivity index (χ2n) is 7.98. The third-order valence-electron chi connectivity index (χ3n) is 5.88. The van der Waals surface area contributed by atoms with Gasteiger partial charge in [-0.1, -0.05) is 29.8 Å². The quantitative estimate of drug-likeness (QED) is 0.532. The van der Waals surface area contributed by atoms with Gasteiger partial charge in [-0.15, -0.1) is 5.10 Å². The van der Waals surface area contributed by atoms with Crippen molar-refractivity contribution in [2.45, 2.75) is 33.4 Å². The van der Waals surface area contributed by atoms with Gasteiger partial charge in [0.2, 0.25) is 10.5 Å². The molecule has 4 aromatic rings. The third kappa shape index (κ3) is 2.92. The van der Waals surface area contributed by atoms with Crippen LogP contribution in [-0.4, -0.2) is 31.8 Å². The summed E-state index contributed by atoms with van der Waals surface area (Å²) < 4.78 is 6.18. The van der Waals surface area contributed by atoms with Crippen molar-refractivity contribution in [3.63, 3.8) is 0 Å². The number of hydrogen-bond donors (Lipinski definition) is 1. The molecule has 6 nitrogen and oxygen atoms in total. The van der Waals surface area contributed by atoms with E-state index >= 15 is 0 Å². The molecule has 0 radical (unpaired) electrons. The molecule has 2 aromatic carbocycles. The summed E-state index contributed by atoms with van der Waals surface area (Å²) in [5.41, 5.74) is 3.78. The summed E-state index contributed by atoms with van der Waals surface area (Å²) in [6, 6.07) is 13.8. The number of aromatic nitrogens is 4. The van der Waals surface area contributed by atoms with Crippen LogP contribution < -0.4 is 10.5 Å². The lowest BCUT2D eigenvalue weighted by molar-refractivity contribution is -0.911. The molecule has 1 fully saturated rings. The van der Waals surface area contributed by atoms with Crippen LogP contribution in [0.4, 0.5) is 0 Å². The van der Waals surface area contributed by atoms with Crippen LogP contribution >= 0.6 is 12.2 Å². The number of quaternary nitrogens is 1. The van der Waals surface area contributed by atoms with Crippen LogP contribution in [0.5, 0.6) is 0 Å². The Hall–Kier alpha value is -2.77. The summed E-state index contributed by atoms with van der Waals surface area (Å²) in [6.07, 6.45) is 2.48. The highest BCUT2D eigenvalue weighted by Gasteiger charge is 2.21. The van der Waals surface area contributed by atoms with Crippen LogP contribution in [-0.2, 0) is 6.67 Å². The molecule has 0 amide bonds. The number of nitrogens with zero attached hydrogens (tertiary/aromatic N) is 4. The molecule has 5 rings (SSSR count). The van der Waals surface area contributed by atoms with Gasteiger partial charge >= 0.3 is 0 Å². The predicted molar refractivity (Wildman–Crippen MR) is 117 cm³/mol. The Labute approximate surface area is 173 Å². The minimum atomic E-state index is -0.0688. The van der Waals surface area contributed by atoms with E-state index < -0.39 is 0 Å². The molecule has 0 aliphatic carbocycles. The summed E-state index contributed by atoms with van der Waals surface area (Å²) in [7, 11) is 0. The number of likely N-dealkylation sites (tertiary alicyclic amines) is 1. The number of para-hydroxylation sites is 1. The molecule has 29 heavy (non-hydrogen) atoms. The summed E-state index contributed by atoms with van der Waals surface area (Å²) in [5, 5.41) is 5.49. The molecule has 1 N–H and O–H groups in total. The van der Waals surface area contributed by atoms with Crippen molar-refractivity contribution in [2.24, 2.45) is 0 Å². The zero-order chi connectivity index (χ0) is 20.1. The molecule has 0 unspecified atom stereocenters. The van der Waals surface area contributed by atoms with Gasteiger partial charge in [-0.3, -0.25) is 9.20 Å². The molecule has 3 heterocycles. The van der Waals surface area contributed by atoms with Crippen LogP contribution in [0.25, 0.3) is 22.4 Å². The van der Waals surface area contributed by atoms with Crippen molar-refractivity contribution >= 4 is 28.9 Å². The average Bonchev–Trinajstić information content (AvgIpc) is 3.32. The first-order chi connectivity index (χ1) is 14.0. The zero-order valence-corrected chi connectivity index (χ0v) is 17.5. The minimum absolute atomic E-state index is 0.0688. The van der Waals surface area contributed by atoms with Crippen molar-refractivity contribution in [3.05, 3.63) is 68.7 Å². The summed E-state index contributed by atoms with van der Waals surface area (Å²) in [6.45, 7) is 7.09. The standard InChI is InChI=1S/C22H23N5OS/c1-15-9-10-18(16(2)13-15)26-20(28)17-7-3-4-8-19(17)27-21(26)23-25(22(27)29)14-24-11-5-6-12-24/h3-4,7-10,13H,5-6,11-12,14H2,1-2H3/p+1. The highest BCUT2D eigenvalue weighted by atomic mass is 32.1. The Morgan fingerprint density at radius 3 is 2.62 bits per heavy atom. The van der Waals surface area contributed by atoms with Crippen molar-refractivity contribution < 1.29 is 4.90 Å². The van der Waals surface area contributed by atoms with Crippen LogP contribution in [0.15, 0.2) is 47.3 Å². The Morgan fingerprint density at radius 2 is 1.86 bits per heavy atom. The molecule has 148 valence electrons. The zero-order valence-electron chi connectivity index (χ0n) is 16.7. The van der Waals surface area contributed by atoms with E-state index in [2.05, 4.69) is 13.0 Å². The van der Waals surface area contributed by atoms with Gasteiger partial charge in [0, 0.05) is 12.8 Å².